The molecule has 26 aromatic rings. The molecule has 0 bridgehead atoms. The number of rotatable bonds is 9. The summed E-state index contributed by atoms with van der Waals surface area (Å²) < 4.78 is 105. The van der Waals surface area contributed by atoms with Crippen molar-refractivity contribution in [2.24, 2.45) is 7.05 Å². The van der Waals surface area contributed by atoms with E-state index in [0.717, 1.165) is 168 Å². The first-order valence-corrected chi connectivity index (χ1v) is 46.2. The van der Waals surface area contributed by atoms with Crippen LogP contribution < -0.4 is 33.5 Å². The molecule has 0 fully saturated rings. The molecule has 0 saturated heterocycles. The van der Waals surface area contributed by atoms with Gasteiger partial charge < -0.3 is 10.8 Å². The van der Waals surface area contributed by atoms with Gasteiger partial charge in [-0.25, -0.2) is 40.7 Å². The molecule has 12 aromatic carbocycles. The minimum atomic E-state index is -1.03. The minimum Gasteiger partial charge on any atom is -0.508 e. The third-order valence-corrected chi connectivity index (χ3v) is 25.6. The Kier molecular flexibility index (Phi) is 24.1. The number of aromatic nitrogens is 16. The van der Waals surface area contributed by atoms with Gasteiger partial charge in [-0.15, -0.1) is 0 Å². The van der Waals surface area contributed by atoms with Crippen LogP contribution in [-0.2, 0) is 7.05 Å². The summed E-state index contributed by atoms with van der Waals surface area (Å²) in [4.78, 5) is 104. The van der Waals surface area contributed by atoms with Crippen molar-refractivity contribution in [3.63, 3.8) is 0 Å². The number of hydrogen-bond donors (Lipinski definition) is 2. The zero-order valence-corrected chi connectivity index (χ0v) is 78.2. The van der Waals surface area contributed by atoms with Gasteiger partial charge in [0.05, 0.1) is 89.5 Å². The average Bonchev–Trinajstić information content (AvgIpc) is 0.774. The molecule has 0 aliphatic carbocycles. The van der Waals surface area contributed by atoms with Gasteiger partial charge in [-0.2, -0.15) is 5.10 Å². The van der Waals surface area contributed by atoms with Crippen LogP contribution in [-0.4, -0.2) is 82.6 Å². The highest BCUT2D eigenvalue weighted by molar-refractivity contribution is 6.10. The zero-order chi connectivity index (χ0) is 102. The number of phenols is 1. The van der Waals surface area contributed by atoms with Gasteiger partial charge >= 0.3 is 0 Å². The van der Waals surface area contributed by atoms with Crippen LogP contribution in [0.4, 0.5) is 36.7 Å². The second kappa shape index (κ2) is 38.4. The monoisotopic (exact) mass is 1960 g/mol. The number of para-hydroxylation sites is 2. The van der Waals surface area contributed by atoms with Crippen molar-refractivity contribution in [1.29, 1.82) is 0 Å². The Bertz CT molecular complexity index is 10100. The van der Waals surface area contributed by atoms with E-state index in [4.69, 9.17) is 5.73 Å². The molecule has 14 aromatic heterocycles. The Morgan fingerprint density at radius 2 is 0.561 bits per heavy atom. The third-order valence-electron chi connectivity index (χ3n) is 25.6. The number of nitrogen functional groups attached to an aromatic ring is 1. The van der Waals surface area contributed by atoms with Gasteiger partial charge in [-0.3, -0.25) is 86.4 Å². The van der Waals surface area contributed by atoms with E-state index in [9.17, 15) is 59.8 Å². The molecule has 30 heteroatoms. The summed E-state index contributed by atoms with van der Waals surface area (Å²) in [6, 6.07) is 86.6. The molecule has 0 radical (unpaired) electrons. The number of aryl methyl sites for hydroxylation is 3. The fraction of sp³-hybridized carbons (Fsp3) is 0.0254. The van der Waals surface area contributed by atoms with E-state index in [-0.39, 0.29) is 62.4 Å². The van der Waals surface area contributed by atoms with Crippen molar-refractivity contribution in [3.05, 3.63) is 481 Å². The third kappa shape index (κ3) is 17.8. The molecule has 0 saturated carbocycles. The Labute approximate surface area is 831 Å². The molecule has 0 aliphatic rings. The molecule has 0 spiro atoms. The lowest BCUT2D eigenvalue weighted by atomic mass is 10.0. The summed E-state index contributed by atoms with van der Waals surface area (Å²) in [7, 11) is 1.84. The van der Waals surface area contributed by atoms with Gasteiger partial charge in [0.2, 0.25) is 5.95 Å². The van der Waals surface area contributed by atoms with Crippen LogP contribution in [0.25, 0.3) is 204 Å². The van der Waals surface area contributed by atoms with E-state index in [1.807, 2.05) is 178 Å². The maximum Gasteiger partial charge on any atom is 0.255 e. The molecular formula is C118H74F7N17O6. The number of phenolic OH excluding ortho intramolecular Hbond substituents is 1. The van der Waals surface area contributed by atoms with E-state index in [1.165, 1.54) is 62.2 Å². The van der Waals surface area contributed by atoms with Crippen LogP contribution in [0.5, 0.6) is 5.75 Å². The van der Waals surface area contributed by atoms with Crippen molar-refractivity contribution in [2.75, 3.05) is 5.73 Å². The standard InChI is InChI=1S/C28H18FN3O.C27H15F2N3O.C22H13F2N5O.C22H14F2N4O.C19H14N2O2/c1-17-12-22(8-9-24(17)29)32-27(33)11-7-20-15-31-26-10-6-18(14-23(26)28(20)32)21-13-19-4-2-3-5-25(19)30-16-21;28-22-8-7-20(13-23(22)29)32-26(33)10-6-18-14-31-25-9-5-16(12-21(25)27(18)32)19-11-17-3-1-2-4-24(17)30-15-19;23-17-4-3-15(8-18(17)24)29-20(30)6-2-13-9-26-19-5-1-12(7-16(19)21(13)29)14-10-27-22(25)28-11-14;1-27-12-15(11-26-27)13-2-6-20-17(8-13)22-14(10-25-20)3-7-21(29)28(22)16-4-5-18(23)19(24)9-16;1-12-3-2-4-14(9-12)21-18(23)8-5-13-11-20-17-7-6-15(22)10-16(17)19(13)21/h2-16H,1H3;1-15H;1-11H,(H2,25,27,28);2-12H,1H3;2-11,22H,1H3. The Morgan fingerprint density at radius 3 is 0.912 bits per heavy atom. The lowest BCUT2D eigenvalue weighted by Gasteiger charge is -2.14. The predicted molar refractivity (Wildman–Crippen MR) is 564 cm³/mol. The molecular weight excluding hydrogens is 1880 g/mol. The first-order valence-electron chi connectivity index (χ1n) is 46.2. The predicted octanol–water partition coefficient (Wildman–Crippen LogP) is 23.9. The molecule has 26 rings (SSSR count). The molecule has 716 valence electrons. The van der Waals surface area contributed by atoms with Crippen LogP contribution in [0.3, 0.4) is 0 Å². The van der Waals surface area contributed by atoms with E-state index >= 15 is 0 Å². The van der Waals surface area contributed by atoms with Crippen LogP contribution in [0, 0.1) is 54.6 Å². The van der Waals surface area contributed by atoms with Crippen molar-refractivity contribution in [3.8, 4) is 78.7 Å². The zero-order valence-electron chi connectivity index (χ0n) is 78.2. The highest BCUT2D eigenvalue weighted by atomic mass is 19.2. The number of nitrogens with zero attached hydrogens (tertiary/aromatic N) is 16. The van der Waals surface area contributed by atoms with Crippen molar-refractivity contribution < 1.29 is 35.8 Å². The highest BCUT2D eigenvalue weighted by Crippen LogP contribution is 2.38. The quantitative estimate of drug-likeness (QED) is 0.100. The molecule has 3 N–H and O–H groups in total. The van der Waals surface area contributed by atoms with Gasteiger partial charge in [0.25, 0.3) is 27.8 Å². The topological polar surface area (TPSA) is 290 Å². The Morgan fingerprint density at radius 1 is 0.243 bits per heavy atom. The number of halogens is 7. The summed E-state index contributed by atoms with van der Waals surface area (Å²) in [6.45, 7) is 3.69. The Hall–Kier alpha value is -20.0. The number of nitrogens with two attached hydrogens (primary N) is 1. The number of pyridine rings is 12. The van der Waals surface area contributed by atoms with E-state index < -0.39 is 34.9 Å². The Balaban J connectivity index is 0.000000105. The fourth-order valence-electron chi connectivity index (χ4n) is 18.5. The van der Waals surface area contributed by atoms with Gasteiger partial charge in [-0.05, 0) is 235 Å². The maximum atomic E-state index is 14.0. The van der Waals surface area contributed by atoms with Gasteiger partial charge in [0.1, 0.15) is 11.6 Å². The number of anilines is 1. The largest absolute Gasteiger partial charge is 0.508 e. The molecule has 0 amide bonds. The smallest absolute Gasteiger partial charge is 0.255 e. The molecule has 148 heavy (non-hydrogen) atoms. The average molecular weight is 1960 g/mol. The maximum absolute atomic E-state index is 14.0. The van der Waals surface area contributed by atoms with Gasteiger partial charge in [-0.1, -0.05) is 72.8 Å². The summed E-state index contributed by atoms with van der Waals surface area (Å²) >= 11 is 0. The molecule has 0 atom stereocenters. The summed E-state index contributed by atoms with van der Waals surface area (Å²) in [5.74, 6) is -5.96. The van der Waals surface area contributed by atoms with E-state index in [1.54, 1.807) is 137 Å². The molecule has 23 nitrogen and oxygen atoms in total. The van der Waals surface area contributed by atoms with Crippen molar-refractivity contribution >= 4 is 137 Å². The van der Waals surface area contributed by atoms with E-state index in [0.29, 0.717) is 65.9 Å². The van der Waals surface area contributed by atoms with Crippen molar-refractivity contribution in [1.82, 2.24) is 77.5 Å². The van der Waals surface area contributed by atoms with Crippen LogP contribution in [0.15, 0.2) is 402 Å². The first kappa shape index (κ1) is 93.0. The second-order valence-corrected chi connectivity index (χ2v) is 35.1. The van der Waals surface area contributed by atoms with Gasteiger partial charge in [0.15, 0.2) is 34.9 Å². The normalized spacial score (nSPS) is 11.4. The summed E-state index contributed by atoms with van der Waals surface area (Å²) in [6.07, 6.45) is 19.0. The van der Waals surface area contributed by atoms with Crippen LogP contribution in [0.2, 0.25) is 0 Å². The van der Waals surface area contributed by atoms with Gasteiger partial charge in [0, 0.05) is 216 Å². The summed E-state index contributed by atoms with van der Waals surface area (Å²) in [5, 5.41) is 23.6. The van der Waals surface area contributed by atoms with Crippen LogP contribution in [0.1, 0.15) is 11.1 Å². The lowest BCUT2D eigenvalue weighted by molar-refractivity contribution is 0.476. The number of hydrogen-bond acceptors (Lipinski definition) is 17. The van der Waals surface area contributed by atoms with Crippen molar-refractivity contribution in [2.45, 2.75) is 13.8 Å². The molecule has 14 heterocycles. The van der Waals surface area contributed by atoms with E-state index in [2.05, 4.69) is 62.1 Å². The minimum absolute atomic E-state index is 0.112. The second-order valence-electron chi connectivity index (χ2n) is 35.1. The molecule has 0 aliphatic heterocycles. The SMILES string of the molecule is Cc1cc(-n2c(=O)ccc3cnc4ccc(-c5cnc6ccccc6c5)cc4c32)ccc1F.Cc1cccc(-n2c(=O)ccc3cnc4ccc(O)cc4c32)c1.Cn1cc(-c2ccc3ncc4ccc(=O)n(-c5ccc(F)c(F)c5)c4c3c2)cn1.Nc1ncc(-c2ccc3ncc4ccc(=O)n(-c5ccc(F)c(F)c5)c4c3c2)cn1.O=c1ccc2cnc3ccc(-c4cnc5ccccc5c4)cc3c2n1-c1ccc(F)c(F)c1. The highest BCUT2D eigenvalue weighted by Gasteiger charge is 2.22. The first-order chi connectivity index (χ1) is 71.8. The number of benzene rings is 12. The molecule has 0 unspecified atom stereocenters. The number of aromatic hydroxyl groups is 1. The summed E-state index contributed by atoms with van der Waals surface area (Å²) in [5.41, 5.74) is 23.6. The van der Waals surface area contributed by atoms with Crippen LogP contribution >= 0.6 is 0 Å². The fourth-order valence-corrected chi connectivity index (χ4v) is 18.5. The number of fused-ring (bicyclic) bond motifs is 17. The lowest BCUT2D eigenvalue weighted by Crippen LogP contribution is -2.18.